The SMILES string of the molecule is CC(C)(C)NC(=O)c1ccc(CN2CCN(C(=O)c3ccc(NC(=O)NCC4CC4)cc3)CC2)s1. The van der Waals surface area contributed by atoms with E-state index in [1.807, 2.05) is 37.8 Å². The van der Waals surface area contributed by atoms with Crippen molar-refractivity contribution in [1.82, 2.24) is 20.4 Å². The van der Waals surface area contributed by atoms with E-state index in [-0.39, 0.29) is 23.4 Å². The molecule has 1 aromatic heterocycles. The molecule has 2 heterocycles. The molecule has 4 amide bonds. The minimum atomic E-state index is -0.259. The van der Waals surface area contributed by atoms with Crippen molar-refractivity contribution in [3.05, 3.63) is 51.7 Å². The van der Waals surface area contributed by atoms with Crippen LogP contribution < -0.4 is 16.0 Å². The fourth-order valence-corrected chi connectivity index (χ4v) is 4.88. The molecule has 1 saturated heterocycles. The maximum Gasteiger partial charge on any atom is 0.319 e. The molecule has 1 aliphatic carbocycles. The van der Waals surface area contributed by atoms with Crippen molar-refractivity contribution in [3.63, 3.8) is 0 Å². The molecule has 2 fully saturated rings. The quantitative estimate of drug-likeness (QED) is 0.543. The molecule has 2 aliphatic rings. The van der Waals surface area contributed by atoms with Gasteiger partial charge in [-0.05, 0) is 75.9 Å². The number of hydrogen-bond acceptors (Lipinski definition) is 5. The van der Waals surface area contributed by atoms with E-state index in [9.17, 15) is 14.4 Å². The van der Waals surface area contributed by atoms with Gasteiger partial charge in [0.2, 0.25) is 0 Å². The number of benzene rings is 1. The number of nitrogens with one attached hydrogen (secondary N) is 3. The Hall–Kier alpha value is -2.91. The normalized spacial score (nSPS) is 16.6. The molecule has 35 heavy (non-hydrogen) atoms. The van der Waals surface area contributed by atoms with Crippen LogP contribution in [0.1, 0.15) is 58.5 Å². The Balaban J connectivity index is 1.22. The molecule has 0 radical (unpaired) electrons. The molecule has 4 rings (SSSR count). The smallest absolute Gasteiger partial charge is 0.319 e. The largest absolute Gasteiger partial charge is 0.347 e. The van der Waals surface area contributed by atoms with Crippen LogP contribution in [0.4, 0.5) is 10.5 Å². The summed E-state index contributed by atoms with van der Waals surface area (Å²) < 4.78 is 0. The minimum absolute atomic E-state index is 0.00615. The van der Waals surface area contributed by atoms with Crippen molar-refractivity contribution < 1.29 is 14.4 Å². The lowest BCUT2D eigenvalue weighted by atomic mass is 10.1. The Kier molecular flexibility index (Phi) is 7.76. The third-order valence-corrected chi connectivity index (χ3v) is 7.12. The first-order valence-corrected chi connectivity index (χ1v) is 13.1. The number of carbonyl (C=O) groups excluding carboxylic acids is 3. The molecule has 0 bridgehead atoms. The molecule has 1 aliphatic heterocycles. The fraction of sp³-hybridized carbons (Fsp3) is 0.500. The van der Waals surface area contributed by atoms with Crippen molar-refractivity contribution in [2.45, 2.75) is 45.7 Å². The zero-order chi connectivity index (χ0) is 25.0. The van der Waals surface area contributed by atoms with Gasteiger partial charge >= 0.3 is 6.03 Å². The van der Waals surface area contributed by atoms with Crippen LogP contribution in [0.5, 0.6) is 0 Å². The molecule has 0 spiro atoms. The van der Waals surface area contributed by atoms with E-state index in [1.165, 1.54) is 24.2 Å². The lowest BCUT2D eigenvalue weighted by Gasteiger charge is -2.34. The van der Waals surface area contributed by atoms with Gasteiger partial charge in [0.15, 0.2) is 0 Å². The first-order valence-electron chi connectivity index (χ1n) is 12.2. The van der Waals surface area contributed by atoms with E-state index in [1.54, 1.807) is 24.3 Å². The van der Waals surface area contributed by atoms with Crippen LogP contribution >= 0.6 is 11.3 Å². The van der Waals surface area contributed by atoms with Gasteiger partial charge in [-0.3, -0.25) is 14.5 Å². The first-order chi connectivity index (χ1) is 16.7. The number of anilines is 1. The number of urea groups is 1. The first kappa shape index (κ1) is 25.2. The van der Waals surface area contributed by atoms with Crippen molar-refractivity contribution in [2.75, 3.05) is 38.0 Å². The second kappa shape index (κ2) is 10.8. The molecular formula is C26H35N5O3S. The van der Waals surface area contributed by atoms with E-state index in [0.717, 1.165) is 29.4 Å². The maximum absolute atomic E-state index is 12.9. The van der Waals surface area contributed by atoms with Gasteiger partial charge in [-0.1, -0.05) is 0 Å². The minimum Gasteiger partial charge on any atom is -0.347 e. The summed E-state index contributed by atoms with van der Waals surface area (Å²) in [5.74, 6) is 0.597. The number of hydrogen-bond donors (Lipinski definition) is 3. The molecule has 9 heteroatoms. The number of amides is 4. The van der Waals surface area contributed by atoms with Gasteiger partial charge in [0.1, 0.15) is 0 Å². The molecule has 1 aromatic carbocycles. The number of rotatable bonds is 7. The highest BCUT2D eigenvalue weighted by atomic mass is 32.1. The van der Waals surface area contributed by atoms with Gasteiger partial charge in [-0.25, -0.2) is 4.79 Å². The highest BCUT2D eigenvalue weighted by molar-refractivity contribution is 7.14. The Morgan fingerprint density at radius 2 is 1.66 bits per heavy atom. The van der Waals surface area contributed by atoms with Crippen LogP contribution in [0.3, 0.4) is 0 Å². The second-order valence-corrected chi connectivity index (χ2v) is 11.6. The predicted octanol–water partition coefficient (Wildman–Crippen LogP) is 3.77. The van der Waals surface area contributed by atoms with Gasteiger partial charge in [0.05, 0.1) is 4.88 Å². The summed E-state index contributed by atoms with van der Waals surface area (Å²) in [6.45, 7) is 10.3. The molecule has 188 valence electrons. The Bertz CT molecular complexity index is 1050. The van der Waals surface area contributed by atoms with Crippen LogP contribution in [0.2, 0.25) is 0 Å². The molecular weight excluding hydrogens is 462 g/mol. The van der Waals surface area contributed by atoms with Crippen molar-refractivity contribution >= 4 is 34.9 Å². The van der Waals surface area contributed by atoms with E-state index < -0.39 is 0 Å². The van der Waals surface area contributed by atoms with Gasteiger partial charge in [-0.2, -0.15) is 0 Å². The van der Waals surface area contributed by atoms with Gasteiger partial charge in [-0.15, -0.1) is 11.3 Å². The monoisotopic (exact) mass is 497 g/mol. The van der Waals surface area contributed by atoms with E-state index in [2.05, 4.69) is 20.9 Å². The van der Waals surface area contributed by atoms with E-state index in [4.69, 9.17) is 0 Å². The third-order valence-electron chi connectivity index (χ3n) is 6.05. The summed E-state index contributed by atoms with van der Waals surface area (Å²) in [4.78, 5) is 43.3. The van der Waals surface area contributed by atoms with Crippen LogP contribution in [0.15, 0.2) is 36.4 Å². The van der Waals surface area contributed by atoms with E-state index >= 15 is 0 Å². The summed E-state index contributed by atoms with van der Waals surface area (Å²) in [7, 11) is 0. The molecule has 2 aromatic rings. The molecule has 1 saturated carbocycles. The Labute approximate surface area is 211 Å². The molecule has 8 nitrogen and oxygen atoms in total. The highest BCUT2D eigenvalue weighted by Crippen LogP contribution is 2.27. The summed E-state index contributed by atoms with van der Waals surface area (Å²) in [5.41, 5.74) is 1.03. The average Bonchev–Trinajstić information content (AvgIpc) is 3.53. The van der Waals surface area contributed by atoms with E-state index in [0.29, 0.717) is 36.8 Å². The Morgan fingerprint density at radius 1 is 0.971 bits per heavy atom. The molecule has 3 N–H and O–H groups in total. The summed E-state index contributed by atoms with van der Waals surface area (Å²) >= 11 is 1.52. The van der Waals surface area contributed by atoms with Crippen molar-refractivity contribution in [1.29, 1.82) is 0 Å². The maximum atomic E-state index is 12.9. The number of thiophene rings is 1. The zero-order valence-corrected chi connectivity index (χ0v) is 21.5. The molecule has 0 unspecified atom stereocenters. The van der Waals surface area contributed by atoms with Crippen LogP contribution in [0, 0.1) is 5.92 Å². The van der Waals surface area contributed by atoms with Gasteiger partial charge < -0.3 is 20.9 Å². The summed E-state index contributed by atoms with van der Waals surface area (Å²) in [6, 6.07) is 10.8. The fourth-order valence-electron chi connectivity index (χ4n) is 3.93. The van der Waals surface area contributed by atoms with Gasteiger partial charge in [0.25, 0.3) is 11.8 Å². The zero-order valence-electron chi connectivity index (χ0n) is 20.7. The average molecular weight is 498 g/mol. The highest BCUT2D eigenvalue weighted by Gasteiger charge is 2.24. The predicted molar refractivity (Wildman–Crippen MR) is 139 cm³/mol. The summed E-state index contributed by atoms with van der Waals surface area (Å²) in [5, 5.41) is 8.68. The number of piperazine rings is 1. The van der Waals surface area contributed by atoms with Crippen molar-refractivity contribution in [3.8, 4) is 0 Å². The third kappa shape index (κ3) is 7.53. The van der Waals surface area contributed by atoms with Crippen LogP contribution in [0.25, 0.3) is 0 Å². The molecule has 0 atom stereocenters. The lowest BCUT2D eigenvalue weighted by molar-refractivity contribution is 0.0629. The lowest BCUT2D eigenvalue weighted by Crippen LogP contribution is -2.48. The van der Waals surface area contributed by atoms with Crippen LogP contribution in [-0.4, -0.2) is 65.9 Å². The standard InChI is InChI=1S/C26H35N5O3S/c1-26(2,3)29-23(32)22-11-10-21(35-22)17-30-12-14-31(15-13-30)24(33)19-6-8-20(9-7-19)28-25(34)27-16-18-4-5-18/h6-11,18H,4-5,12-17H2,1-3H3,(H,29,32)(H2,27,28,34). The van der Waals surface area contributed by atoms with Crippen molar-refractivity contribution in [2.24, 2.45) is 5.92 Å². The number of nitrogens with zero attached hydrogens (tertiary/aromatic N) is 2. The Morgan fingerprint density at radius 3 is 2.29 bits per heavy atom. The number of carbonyl (C=O) groups is 3. The van der Waals surface area contributed by atoms with Gasteiger partial charge in [0, 0.05) is 60.9 Å². The second-order valence-electron chi connectivity index (χ2n) is 10.4. The topological polar surface area (TPSA) is 93.8 Å². The summed E-state index contributed by atoms with van der Waals surface area (Å²) in [6.07, 6.45) is 2.38. The van der Waals surface area contributed by atoms with Crippen LogP contribution in [-0.2, 0) is 6.54 Å².